The molecule has 5 nitrogen and oxygen atoms in total. The number of hydrogen-bond acceptors (Lipinski definition) is 3. The molecule has 1 atom stereocenters. The first kappa shape index (κ1) is 19.7. The van der Waals surface area contributed by atoms with E-state index in [1.807, 2.05) is 18.3 Å². The first-order valence-electron chi connectivity index (χ1n) is 7.63. The summed E-state index contributed by atoms with van der Waals surface area (Å²) in [5.41, 5.74) is 7.59. The number of nitrogens with two attached hydrogens (primary N) is 1. The Morgan fingerprint density at radius 1 is 1.30 bits per heavy atom. The number of nitrogens with one attached hydrogen (secondary N) is 2. The molecule has 3 rings (SSSR count). The van der Waals surface area contributed by atoms with Crippen molar-refractivity contribution >= 4 is 47.4 Å². The van der Waals surface area contributed by atoms with Crippen molar-refractivity contribution in [2.24, 2.45) is 17.6 Å². The molecule has 1 aliphatic carbocycles. The third-order valence-electron chi connectivity index (χ3n) is 4.60. The molecular weight excluding hydrogens is 335 g/mol. The largest absolute Gasteiger partial charge is 0.346 e. The highest BCUT2D eigenvalue weighted by Gasteiger charge is 2.28. The lowest BCUT2D eigenvalue weighted by atomic mass is 9.79. The number of hydrogen-bond donors (Lipinski definition) is 3. The van der Waals surface area contributed by atoms with Gasteiger partial charge in [-0.15, -0.1) is 24.8 Å². The summed E-state index contributed by atoms with van der Waals surface area (Å²) < 4.78 is 0. The van der Waals surface area contributed by atoms with Gasteiger partial charge in [0.15, 0.2) is 0 Å². The Labute approximate surface area is 148 Å². The van der Waals surface area contributed by atoms with Crippen LogP contribution in [0.1, 0.15) is 32.6 Å². The van der Waals surface area contributed by atoms with Gasteiger partial charge >= 0.3 is 0 Å². The van der Waals surface area contributed by atoms with E-state index in [2.05, 4.69) is 22.2 Å². The van der Waals surface area contributed by atoms with Crippen LogP contribution in [0.25, 0.3) is 11.0 Å². The smallest absolute Gasteiger partial charge is 0.227 e. The van der Waals surface area contributed by atoms with E-state index in [0.717, 1.165) is 42.4 Å². The van der Waals surface area contributed by atoms with Crippen molar-refractivity contribution in [3.63, 3.8) is 0 Å². The number of pyridine rings is 1. The SMILES string of the molecule is C[C@@H](N)[C@H]1CC[C@H](C(=O)Nc2ccnc3[nH]ccc23)CC1.Cl.Cl. The normalized spacial score (nSPS) is 21.8. The summed E-state index contributed by atoms with van der Waals surface area (Å²) in [6.45, 7) is 2.06. The molecule has 1 amide bonds. The number of carbonyl (C=O) groups is 1. The van der Waals surface area contributed by atoms with E-state index in [4.69, 9.17) is 5.73 Å². The molecule has 0 spiro atoms. The molecule has 0 unspecified atom stereocenters. The molecule has 7 heteroatoms. The summed E-state index contributed by atoms with van der Waals surface area (Å²) in [7, 11) is 0. The third-order valence-corrected chi connectivity index (χ3v) is 4.60. The maximum absolute atomic E-state index is 12.4. The molecule has 1 fully saturated rings. The van der Waals surface area contributed by atoms with Crippen LogP contribution in [0.4, 0.5) is 5.69 Å². The summed E-state index contributed by atoms with van der Waals surface area (Å²) in [6.07, 6.45) is 7.50. The van der Waals surface area contributed by atoms with Crippen molar-refractivity contribution < 1.29 is 4.79 Å². The van der Waals surface area contributed by atoms with Gasteiger partial charge in [-0.25, -0.2) is 4.98 Å². The Morgan fingerprint density at radius 2 is 2.00 bits per heavy atom. The van der Waals surface area contributed by atoms with Crippen LogP contribution in [0.5, 0.6) is 0 Å². The van der Waals surface area contributed by atoms with E-state index in [9.17, 15) is 4.79 Å². The van der Waals surface area contributed by atoms with E-state index in [1.165, 1.54) is 0 Å². The van der Waals surface area contributed by atoms with Crippen molar-refractivity contribution in [1.29, 1.82) is 0 Å². The monoisotopic (exact) mass is 358 g/mol. The zero-order valence-corrected chi connectivity index (χ0v) is 14.8. The molecule has 0 aromatic carbocycles. The second-order valence-electron chi connectivity index (χ2n) is 6.06. The minimum absolute atomic E-state index is 0. The molecule has 0 saturated heterocycles. The lowest BCUT2D eigenvalue weighted by Gasteiger charge is -2.30. The topological polar surface area (TPSA) is 83.8 Å². The van der Waals surface area contributed by atoms with Crippen molar-refractivity contribution in [2.45, 2.75) is 38.6 Å². The number of anilines is 1. The van der Waals surface area contributed by atoms with Gasteiger partial charge in [-0.2, -0.15) is 0 Å². The van der Waals surface area contributed by atoms with Crippen molar-refractivity contribution in [3.05, 3.63) is 24.5 Å². The Bertz CT molecular complexity index is 636. The predicted molar refractivity (Wildman–Crippen MR) is 98.3 cm³/mol. The predicted octanol–water partition coefficient (Wildman–Crippen LogP) is 3.50. The fraction of sp³-hybridized carbons (Fsp3) is 0.500. The van der Waals surface area contributed by atoms with Gasteiger partial charge in [-0.1, -0.05) is 0 Å². The van der Waals surface area contributed by atoms with Gasteiger partial charge < -0.3 is 16.0 Å². The molecule has 0 aliphatic heterocycles. The second kappa shape index (κ2) is 8.52. The van der Waals surface area contributed by atoms with Crippen LogP contribution in [0.15, 0.2) is 24.5 Å². The van der Waals surface area contributed by atoms with Gasteiger partial charge in [0.25, 0.3) is 0 Å². The second-order valence-corrected chi connectivity index (χ2v) is 6.06. The maximum atomic E-state index is 12.4. The zero-order chi connectivity index (χ0) is 14.8. The molecule has 23 heavy (non-hydrogen) atoms. The minimum atomic E-state index is 0. The van der Waals surface area contributed by atoms with Crippen LogP contribution in [-0.2, 0) is 4.79 Å². The van der Waals surface area contributed by atoms with Gasteiger partial charge in [-0.3, -0.25) is 4.79 Å². The van der Waals surface area contributed by atoms with Crippen LogP contribution in [0.3, 0.4) is 0 Å². The highest BCUT2D eigenvalue weighted by Crippen LogP contribution is 2.31. The van der Waals surface area contributed by atoms with Gasteiger partial charge in [0.2, 0.25) is 5.91 Å². The van der Waals surface area contributed by atoms with Crippen molar-refractivity contribution in [2.75, 3.05) is 5.32 Å². The number of rotatable bonds is 3. The van der Waals surface area contributed by atoms with Gasteiger partial charge in [0, 0.05) is 29.7 Å². The van der Waals surface area contributed by atoms with Crippen LogP contribution < -0.4 is 11.1 Å². The van der Waals surface area contributed by atoms with E-state index in [-0.39, 0.29) is 42.7 Å². The van der Waals surface area contributed by atoms with Crippen molar-refractivity contribution in [3.8, 4) is 0 Å². The van der Waals surface area contributed by atoms with E-state index < -0.39 is 0 Å². The zero-order valence-electron chi connectivity index (χ0n) is 13.1. The Hall–Kier alpha value is -1.30. The first-order chi connectivity index (χ1) is 10.1. The third kappa shape index (κ3) is 4.37. The van der Waals surface area contributed by atoms with Crippen LogP contribution in [-0.4, -0.2) is 21.9 Å². The molecular formula is C16H24Cl2N4O. The summed E-state index contributed by atoms with van der Waals surface area (Å²) >= 11 is 0. The standard InChI is InChI=1S/C16H22N4O.2ClH/c1-10(17)11-2-4-12(5-3-11)16(21)20-14-7-9-19-15-13(14)6-8-18-15;;/h6-12H,2-5,17H2,1H3,(H2,18,19,20,21);2*1H/t10-,11-,12-;;/m1../s1. The number of H-pyrrole nitrogens is 1. The van der Waals surface area contributed by atoms with Gasteiger partial charge in [-0.05, 0) is 50.7 Å². The Balaban J connectivity index is 0.00000132. The highest BCUT2D eigenvalue weighted by molar-refractivity contribution is 6.00. The molecule has 0 radical (unpaired) electrons. The molecule has 1 aliphatic rings. The lowest BCUT2D eigenvalue weighted by molar-refractivity contribution is -0.121. The van der Waals surface area contributed by atoms with Crippen LogP contribution >= 0.6 is 24.8 Å². The highest BCUT2D eigenvalue weighted by atomic mass is 35.5. The number of halogens is 2. The van der Waals surface area contributed by atoms with Gasteiger partial charge in [0.05, 0.1) is 5.69 Å². The average molecular weight is 359 g/mol. The fourth-order valence-corrected chi connectivity index (χ4v) is 3.21. The minimum Gasteiger partial charge on any atom is -0.346 e. The Morgan fingerprint density at radius 3 is 2.65 bits per heavy atom. The molecule has 128 valence electrons. The molecule has 2 aromatic rings. The number of nitrogens with zero attached hydrogens (tertiary/aromatic N) is 1. The number of aromatic amines is 1. The molecule has 1 saturated carbocycles. The summed E-state index contributed by atoms with van der Waals surface area (Å²) in [4.78, 5) is 19.7. The molecule has 2 aromatic heterocycles. The average Bonchev–Trinajstić information content (AvgIpc) is 2.97. The molecule has 0 bridgehead atoms. The van der Waals surface area contributed by atoms with Crippen LogP contribution in [0.2, 0.25) is 0 Å². The van der Waals surface area contributed by atoms with E-state index >= 15 is 0 Å². The Kier molecular flexibility index (Phi) is 7.32. The summed E-state index contributed by atoms with van der Waals surface area (Å²) in [6, 6.07) is 4.01. The number of fused-ring (bicyclic) bond motifs is 1. The van der Waals surface area contributed by atoms with E-state index in [1.54, 1.807) is 6.20 Å². The number of carbonyl (C=O) groups excluding carboxylic acids is 1. The van der Waals surface area contributed by atoms with Gasteiger partial charge in [0.1, 0.15) is 5.65 Å². The first-order valence-corrected chi connectivity index (χ1v) is 7.63. The number of amides is 1. The fourth-order valence-electron chi connectivity index (χ4n) is 3.21. The number of aromatic nitrogens is 2. The summed E-state index contributed by atoms with van der Waals surface area (Å²) in [5, 5.41) is 4.01. The molecule has 2 heterocycles. The quantitative estimate of drug-likeness (QED) is 0.784. The summed E-state index contributed by atoms with van der Waals surface area (Å²) in [5.74, 6) is 0.778. The van der Waals surface area contributed by atoms with Crippen LogP contribution in [0, 0.1) is 11.8 Å². The van der Waals surface area contributed by atoms with E-state index in [0.29, 0.717) is 5.92 Å². The lowest BCUT2D eigenvalue weighted by Crippen LogP contribution is -2.33. The maximum Gasteiger partial charge on any atom is 0.227 e. The van der Waals surface area contributed by atoms with Crippen molar-refractivity contribution in [1.82, 2.24) is 9.97 Å². The molecule has 4 N–H and O–H groups in total.